The molecule has 98 valence electrons. The second-order valence-corrected chi connectivity index (χ2v) is 3.75. The Balaban J connectivity index is 2.51. The van der Waals surface area contributed by atoms with Crippen LogP contribution in [0.2, 0.25) is 0 Å². The second-order valence-electron chi connectivity index (χ2n) is 3.75. The van der Waals surface area contributed by atoms with Crippen molar-refractivity contribution in [3.63, 3.8) is 0 Å². The van der Waals surface area contributed by atoms with E-state index in [4.69, 9.17) is 0 Å². The van der Waals surface area contributed by atoms with Gasteiger partial charge in [-0.1, -0.05) is 13.8 Å². The monoisotopic (exact) mass is 259 g/mol. The Morgan fingerprint density at radius 1 is 1.28 bits per heavy atom. The maximum atomic E-state index is 12.2. The van der Waals surface area contributed by atoms with Gasteiger partial charge in [-0.25, -0.2) is 9.50 Å². The molecule has 0 saturated carbocycles. The van der Waals surface area contributed by atoms with Crippen LogP contribution in [0.4, 0.5) is 13.2 Å². The number of alkyl halides is 3. The van der Waals surface area contributed by atoms with Gasteiger partial charge < -0.3 is 4.74 Å². The van der Waals surface area contributed by atoms with Crippen molar-refractivity contribution in [1.29, 1.82) is 0 Å². The summed E-state index contributed by atoms with van der Waals surface area (Å²) in [7, 11) is 0. The largest absolute Gasteiger partial charge is 0.573 e. The number of rotatable bonds is 3. The molecule has 0 atom stereocenters. The SMILES string of the molecule is CCc1nc2c(CC)cc(OC(F)(F)F)cn2n1. The summed E-state index contributed by atoms with van der Waals surface area (Å²) in [6.45, 7) is 3.72. The van der Waals surface area contributed by atoms with Gasteiger partial charge >= 0.3 is 6.36 Å². The van der Waals surface area contributed by atoms with Crippen molar-refractivity contribution in [3.05, 3.63) is 23.7 Å². The van der Waals surface area contributed by atoms with E-state index < -0.39 is 6.36 Å². The lowest BCUT2D eigenvalue weighted by atomic mass is 10.2. The highest BCUT2D eigenvalue weighted by Gasteiger charge is 2.31. The molecule has 2 heterocycles. The predicted octanol–water partition coefficient (Wildman–Crippen LogP) is 2.75. The third-order valence-electron chi connectivity index (χ3n) is 2.46. The number of hydrogen-bond donors (Lipinski definition) is 0. The summed E-state index contributed by atoms with van der Waals surface area (Å²) in [5, 5.41) is 4.09. The molecule has 0 aromatic carbocycles. The Labute approximate surface area is 101 Å². The van der Waals surface area contributed by atoms with Gasteiger partial charge in [-0.3, -0.25) is 0 Å². The number of hydrogen-bond acceptors (Lipinski definition) is 3. The van der Waals surface area contributed by atoms with E-state index in [0.29, 0.717) is 29.9 Å². The number of pyridine rings is 1. The number of aryl methyl sites for hydroxylation is 2. The number of nitrogens with zero attached hydrogens (tertiary/aromatic N) is 3. The number of ether oxygens (including phenoxy) is 1. The molecule has 0 aliphatic heterocycles. The molecule has 4 nitrogen and oxygen atoms in total. The molecule has 2 aromatic heterocycles. The van der Waals surface area contributed by atoms with Crippen LogP contribution in [0, 0.1) is 0 Å². The molecule has 18 heavy (non-hydrogen) atoms. The van der Waals surface area contributed by atoms with Gasteiger partial charge in [0.05, 0.1) is 6.20 Å². The summed E-state index contributed by atoms with van der Waals surface area (Å²) in [6, 6.07) is 1.34. The normalized spacial score (nSPS) is 12.1. The lowest BCUT2D eigenvalue weighted by Gasteiger charge is -2.10. The van der Waals surface area contributed by atoms with Crippen LogP contribution >= 0.6 is 0 Å². The molecule has 0 aliphatic rings. The van der Waals surface area contributed by atoms with Gasteiger partial charge in [-0.15, -0.1) is 13.2 Å². The molecule has 0 amide bonds. The van der Waals surface area contributed by atoms with Gasteiger partial charge in [0.25, 0.3) is 0 Å². The molecule has 0 bridgehead atoms. The molecule has 7 heteroatoms. The highest BCUT2D eigenvalue weighted by molar-refractivity contribution is 5.50. The summed E-state index contributed by atoms with van der Waals surface area (Å²) in [6.07, 6.45) is -2.33. The zero-order valence-corrected chi connectivity index (χ0v) is 9.95. The van der Waals surface area contributed by atoms with Crippen LogP contribution in [0.5, 0.6) is 5.75 Å². The minimum atomic E-state index is -4.70. The Morgan fingerprint density at radius 3 is 2.56 bits per heavy atom. The van der Waals surface area contributed by atoms with Crippen molar-refractivity contribution >= 4 is 5.65 Å². The molecule has 2 rings (SSSR count). The van der Waals surface area contributed by atoms with Gasteiger partial charge in [-0.2, -0.15) is 5.10 Å². The topological polar surface area (TPSA) is 39.4 Å². The lowest BCUT2D eigenvalue weighted by molar-refractivity contribution is -0.274. The standard InChI is InChI=1S/C11H12F3N3O/c1-3-7-5-8(18-11(12,13)14)6-17-10(7)15-9(4-2)16-17/h5-6H,3-4H2,1-2H3. The fourth-order valence-electron chi connectivity index (χ4n) is 1.67. The molecule has 0 fully saturated rings. The molecule has 0 radical (unpaired) electrons. The molecule has 0 saturated heterocycles. The first kappa shape index (κ1) is 12.7. The van der Waals surface area contributed by atoms with E-state index in [2.05, 4.69) is 14.8 Å². The molecule has 2 aromatic rings. The first-order valence-electron chi connectivity index (χ1n) is 5.57. The number of fused-ring (bicyclic) bond motifs is 1. The van der Waals surface area contributed by atoms with E-state index in [1.165, 1.54) is 16.8 Å². The van der Waals surface area contributed by atoms with E-state index in [0.717, 1.165) is 0 Å². The van der Waals surface area contributed by atoms with Crippen molar-refractivity contribution in [2.75, 3.05) is 0 Å². The molecule has 0 N–H and O–H groups in total. The second kappa shape index (κ2) is 4.47. The van der Waals surface area contributed by atoms with Crippen molar-refractivity contribution < 1.29 is 17.9 Å². The number of aromatic nitrogens is 3. The van der Waals surface area contributed by atoms with Crippen molar-refractivity contribution in [2.45, 2.75) is 33.1 Å². The van der Waals surface area contributed by atoms with Crippen LogP contribution in [0.3, 0.4) is 0 Å². The van der Waals surface area contributed by atoms with Crippen LogP contribution in [-0.4, -0.2) is 21.0 Å². The van der Waals surface area contributed by atoms with Crippen molar-refractivity contribution in [1.82, 2.24) is 14.6 Å². The zero-order chi connectivity index (χ0) is 13.3. The Hall–Kier alpha value is -1.79. The molecular weight excluding hydrogens is 247 g/mol. The van der Waals surface area contributed by atoms with Crippen molar-refractivity contribution in [3.8, 4) is 5.75 Å². The Morgan fingerprint density at radius 2 is 2.00 bits per heavy atom. The third kappa shape index (κ3) is 2.55. The van der Waals surface area contributed by atoms with Crippen LogP contribution in [0.1, 0.15) is 25.2 Å². The maximum Gasteiger partial charge on any atom is 0.573 e. The van der Waals surface area contributed by atoms with Gasteiger partial charge in [-0.05, 0) is 12.5 Å². The average molecular weight is 259 g/mol. The van der Waals surface area contributed by atoms with Gasteiger partial charge in [0.2, 0.25) is 0 Å². The van der Waals surface area contributed by atoms with Crippen LogP contribution < -0.4 is 4.74 Å². The minimum absolute atomic E-state index is 0.278. The fraction of sp³-hybridized carbons (Fsp3) is 0.455. The molecule has 0 unspecified atom stereocenters. The first-order chi connectivity index (χ1) is 8.43. The van der Waals surface area contributed by atoms with E-state index in [1.807, 2.05) is 13.8 Å². The minimum Gasteiger partial charge on any atom is -0.404 e. The smallest absolute Gasteiger partial charge is 0.404 e. The van der Waals surface area contributed by atoms with Crippen LogP contribution in [-0.2, 0) is 12.8 Å². The Kier molecular flexibility index (Phi) is 3.14. The van der Waals surface area contributed by atoms with Gasteiger partial charge in [0.1, 0.15) is 5.75 Å². The van der Waals surface area contributed by atoms with Crippen LogP contribution in [0.15, 0.2) is 12.3 Å². The van der Waals surface area contributed by atoms with E-state index in [-0.39, 0.29) is 5.75 Å². The first-order valence-corrected chi connectivity index (χ1v) is 5.57. The maximum absolute atomic E-state index is 12.2. The van der Waals surface area contributed by atoms with E-state index >= 15 is 0 Å². The quantitative estimate of drug-likeness (QED) is 0.850. The highest BCUT2D eigenvalue weighted by Crippen LogP contribution is 2.25. The predicted molar refractivity (Wildman–Crippen MR) is 58.4 cm³/mol. The van der Waals surface area contributed by atoms with Crippen molar-refractivity contribution in [2.24, 2.45) is 0 Å². The summed E-state index contributed by atoms with van der Waals surface area (Å²) >= 11 is 0. The molecular formula is C11H12F3N3O. The zero-order valence-electron chi connectivity index (χ0n) is 9.95. The Bertz CT molecular complexity index is 562. The summed E-state index contributed by atoms with van der Waals surface area (Å²) in [5.74, 6) is 0.313. The van der Waals surface area contributed by atoms with Gasteiger partial charge in [0, 0.05) is 12.0 Å². The number of halogens is 3. The van der Waals surface area contributed by atoms with E-state index in [1.54, 1.807) is 0 Å². The summed E-state index contributed by atoms with van der Waals surface area (Å²) in [4.78, 5) is 4.25. The van der Waals surface area contributed by atoms with Crippen LogP contribution in [0.25, 0.3) is 5.65 Å². The van der Waals surface area contributed by atoms with E-state index in [9.17, 15) is 13.2 Å². The highest BCUT2D eigenvalue weighted by atomic mass is 19.4. The van der Waals surface area contributed by atoms with Gasteiger partial charge in [0.15, 0.2) is 11.5 Å². The third-order valence-corrected chi connectivity index (χ3v) is 2.46. The summed E-state index contributed by atoms with van der Waals surface area (Å²) in [5.41, 5.74) is 1.24. The fourth-order valence-corrected chi connectivity index (χ4v) is 1.67. The molecule has 0 spiro atoms. The average Bonchev–Trinajstić information content (AvgIpc) is 2.68. The summed E-state index contributed by atoms with van der Waals surface area (Å²) < 4.78 is 41.8. The lowest BCUT2D eigenvalue weighted by Crippen LogP contribution is -2.17. The molecule has 0 aliphatic carbocycles.